The zero-order valence-electron chi connectivity index (χ0n) is 17.9. The van der Waals surface area contributed by atoms with Gasteiger partial charge < -0.3 is 0 Å². The first kappa shape index (κ1) is 21.9. The molecule has 0 radical (unpaired) electrons. The van der Waals surface area contributed by atoms with Crippen molar-refractivity contribution >= 4 is 11.6 Å². The second-order valence-electron chi connectivity index (χ2n) is 8.82. The van der Waals surface area contributed by atoms with Crippen molar-refractivity contribution in [2.24, 2.45) is 5.92 Å². The zero-order valence-corrected chi connectivity index (χ0v) is 18.7. The lowest BCUT2D eigenvalue weighted by Gasteiger charge is -2.35. The summed E-state index contributed by atoms with van der Waals surface area (Å²) in [4.78, 5) is 2.59. The molecule has 0 heterocycles. The predicted octanol–water partition coefficient (Wildman–Crippen LogP) is 6.63. The average Bonchev–Trinajstić information content (AvgIpc) is 3.56. The van der Waals surface area contributed by atoms with Crippen molar-refractivity contribution in [1.29, 1.82) is 5.26 Å². The molecule has 2 aromatic rings. The van der Waals surface area contributed by atoms with Crippen LogP contribution in [0.2, 0.25) is 5.02 Å². The van der Waals surface area contributed by atoms with Crippen LogP contribution in [0.15, 0.2) is 54.6 Å². The third-order valence-corrected chi connectivity index (χ3v) is 6.77. The average molecular weight is 409 g/mol. The molecule has 3 rings (SSSR count). The van der Waals surface area contributed by atoms with Crippen LogP contribution in [0, 0.1) is 17.2 Å². The molecule has 0 spiro atoms. The minimum Gasteiger partial charge on any atom is -0.298 e. The standard InChI is InChI=1S/C26H33ClN2/c1-20(2)29(18-16-22-7-5-4-6-8-22)21(3)15-17-26(19-28,23-9-10-23)24-11-13-25(27)14-12-24/h4-8,11-14,20-21,23H,9-10,15-18H2,1-3H3. The molecule has 0 aromatic heterocycles. The van der Waals surface area contributed by atoms with Gasteiger partial charge in [-0.15, -0.1) is 0 Å². The fourth-order valence-electron chi connectivity index (χ4n) is 4.61. The molecule has 2 aromatic carbocycles. The van der Waals surface area contributed by atoms with Crippen LogP contribution >= 0.6 is 11.6 Å². The van der Waals surface area contributed by atoms with Crippen LogP contribution in [0.5, 0.6) is 0 Å². The molecular weight excluding hydrogens is 376 g/mol. The van der Waals surface area contributed by atoms with Crippen molar-refractivity contribution in [3.05, 3.63) is 70.7 Å². The SMILES string of the molecule is CC(C)N(CCc1ccccc1)C(C)CCC(C#N)(c1ccc(Cl)cc1)C1CC1. The van der Waals surface area contributed by atoms with E-state index in [1.54, 1.807) is 0 Å². The third kappa shape index (κ3) is 5.41. The molecule has 0 aliphatic heterocycles. The van der Waals surface area contributed by atoms with Gasteiger partial charge in [0, 0.05) is 23.7 Å². The highest BCUT2D eigenvalue weighted by atomic mass is 35.5. The second-order valence-corrected chi connectivity index (χ2v) is 9.26. The summed E-state index contributed by atoms with van der Waals surface area (Å²) in [5.41, 5.74) is 2.15. The van der Waals surface area contributed by atoms with Crippen molar-refractivity contribution in [3.63, 3.8) is 0 Å². The van der Waals surface area contributed by atoms with Gasteiger partial charge in [0.05, 0.1) is 11.5 Å². The Labute approximate surface area is 181 Å². The Kier molecular flexibility index (Phi) is 7.38. The largest absolute Gasteiger partial charge is 0.298 e. The fraction of sp³-hybridized carbons (Fsp3) is 0.500. The molecule has 3 heteroatoms. The fourth-order valence-corrected chi connectivity index (χ4v) is 4.74. The first-order chi connectivity index (χ1) is 14.0. The maximum Gasteiger partial charge on any atom is 0.0851 e. The monoisotopic (exact) mass is 408 g/mol. The van der Waals surface area contributed by atoms with E-state index in [1.165, 1.54) is 5.56 Å². The Bertz CT molecular complexity index is 805. The second kappa shape index (κ2) is 9.79. The van der Waals surface area contributed by atoms with E-state index in [-0.39, 0.29) is 5.41 Å². The Hall–Kier alpha value is -1.82. The molecule has 0 bridgehead atoms. The molecule has 154 valence electrons. The maximum atomic E-state index is 10.2. The summed E-state index contributed by atoms with van der Waals surface area (Å²) in [5, 5.41) is 11.0. The van der Waals surface area contributed by atoms with E-state index in [1.807, 2.05) is 12.1 Å². The summed E-state index contributed by atoms with van der Waals surface area (Å²) in [6.07, 6.45) is 5.32. The molecule has 1 aliphatic carbocycles. The normalized spacial score (nSPS) is 17.1. The van der Waals surface area contributed by atoms with Gasteiger partial charge in [0.1, 0.15) is 0 Å². The Morgan fingerprint density at radius 3 is 2.28 bits per heavy atom. The molecule has 1 saturated carbocycles. The summed E-state index contributed by atoms with van der Waals surface area (Å²) < 4.78 is 0. The van der Waals surface area contributed by atoms with Gasteiger partial charge >= 0.3 is 0 Å². The molecule has 2 unspecified atom stereocenters. The van der Waals surface area contributed by atoms with Crippen LogP contribution in [-0.2, 0) is 11.8 Å². The number of hydrogen-bond acceptors (Lipinski definition) is 2. The third-order valence-electron chi connectivity index (χ3n) is 6.52. The number of halogens is 1. The molecule has 2 nitrogen and oxygen atoms in total. The van der Waals surface area contributed by atoms with E-state index >= 15 is 0 Å². The topological polar surface area (TPSA) is 27.0 Å². The van der Waals surface area contributed by atoms with Crippen LogP contribution in [0.4, 0.5) is 0 Å². The Morgan fingerprint density at radius 1 is 1.07 bits per heavy atom. The quantitative estimate of drug-likeness (QED) is 0.441. The predicted molar refractivity (Wildman–Crippen MR) is 122 cm³/mol. The molecule has 0 N–H and O–H groups in total. The van der Waals surface area contributed by atoms with E-state index in [9.17, 15) is 5.26 Å². The summed E-state index contributed by atoms with van der Waals surface area (Å²) in [5.74, 6) is 0.484. The number of rotatable bonds is 10. The van der Waals surface area contributed by atoms with Crippen molar-refractivity contribution in [2.75, 3.05) is 6.54 Å². The van der Waals surface area contributed by atoms with E-state index in [0.29, 0.717) is 18.0 Å². The van der Waals surface area contributed by atoms with Gasteiger partial charge in [0.2, 0.25) is 0 Å². The molecule has 0 saturated heterocycles. The number of benzene rings is 2. The minimum absolute atomic E-state index is 0.374. The van der Waals surface area contributed by atoms with Crippen molar-refractivity contribution in [2.45, 2.75) is 70.4 Å². The summed E-state index contributed by atoms with van der Waals surface area (Å²) >= 11 is 6.10. The van der Waals surface area contributed by atoms with Crippen molar-refractivity contribution in [1.82, 2.24) is 4.90 Å². The van der Waals surface area contributed by atoms with E-state index in [0.717, 1.165) is 49.2 Å². The summed E-state index contributed by atoms with van der Waals surface area (Å²) in [6.45, 7) is 7.92. The van der Waals surface area contributed by atoms with E-state index in [2.05, 4.69) is 74.2 Å². The molecule has 1 aliphatic rings. The van der Waals surface area contributed by atoms with Gasteiger partial charge in [-0.3, -0.25) is 4.90 Å². The zero-order chi connectivity index (χ0) is 20.9. The van der Waals surface area contributed by atoms with Crippen LogP contribution in [0.1, 0.15) is 57.6 Å². The van der Waals surface area contributed by atoms with Crippen LogP contribution in [0.3, 0.4) is 0 Å². The van der Waals surface area contributed by atoms with Crippen LogP contribution < -0.4 is 0 Å². The molecular formula is C26H33ClN2. The smallest absolute Gasteiger partial charge is 0.0851 e. The maximum absolute atomic E-state index is 10.2. The van der Waals surface area contributed by atoms with Gasteiger partial charge in [-0.1, -0.05) is 54.1 Å². The van der Waals surface area contributed by atoms with Crippen molar-refractivity contribution in [3.8, 4) is 6.07 Å². The van der Waals surface area contributed by atoms with E-state index < -0.39 is 0 Å². The van der Waals surface area contributed by atoms with E-state index in [4.69, 9.17) is 11.6 Å². The Balaban J connectivity index is 1.68. The Morgan fingerprint density at radius 2 is 1.72 bits per heavy atom. The molecule has 0 amide bonds. The number of nitrogens with zero attached hydrogens (tertiary/aromatic N) is 2. The first-order valence-corrected chi connectivity index (χ1v) is 11.3. The highest BCUT2D eigenvalue weighted by Gasteiger charge is 2.46. The van der Waals surface area contributed by atoms with Gasteiger partial charge in [-0.2, -0.15) is 5.26 Å². The minimum atomic E-state index is -0.374. The van der Waals surface area contributed by atoms with Gasteiger partial charge in [0.15, 0.2) is 0 Å². The lowest BCUT2D eigenvalue weighted by Crippen LogP contribution is -2.41. The lowest BCUT2D eigenvalue weighted by atomic mass is 9.73. The van der Waals surface area contributed by atoms with Gasteiger partial charge in [0.25, 0.3) is 0 Å². The highest BCUT2D eigenvalue weighted by molar-refractivity contribution is 6.30. The highest BCUT2D eigenvalue weighted by Crippen LogP contribution is 2.50. The summed E-state index contributed by atoms with van der Waals surface area (Å²) in [7, 11) is 0. The first-order valence-electron chi connectivity index (χ1n) is 10.9. The molecule has 1 fully saturated rings. The molecule has 29 heavy (non-hydrogen) atoms. The lowest BCUT2D eigenvalue weighted by molar-refractivity contribution is 0.150. The summed E-state index contributed by atoms with van der Waals surface area (Å²) in [6, 6.07) is 22.3. The van der Waals surface area contributed by atoms with Crippen LogP contribution in [-0.4, -0.2) is 23.5 Å². The number of hydrogen-bond donors (Lipinski definition) is 0. The number of nitriles is 1. The molecule has 2 atom stereocenters. The van der Waals surface area contributed by atoms with Gasteiger partial charge in [-0.25, -0.2) is 0 Å². The van der Waals surface area contributed by atoms with Crippen LogP contribution in [0.25, 0.3) is 0 Å². The van der Waals surface area contributed by atoms with Gasteiger partial charge in [-0.05, 0) is 82.1 Å². The van der Waals surface area contributed by atoms with Crippen molar-refractivity contribution < 1.29 is 0 Å².